The highest BCUT2D eigenvalue weighted by Gasteiger charge is 2.63. The molecule has 0 radical (unpaired) electrons. The lowest BCUT2D eigenvalue weighted by Gasteiger charge is -2.30. The number of halogens is 1. The Bertz CT molecular complexity index is 695. The fourth-order valence-corrected chi connectivity index (χ4v) is 4.99. The first-order chi connectivity index (χ1) is 11.9. The molecule has 5 nitrogen and oxygen atoms in total. The summed E-state index contributed by atoms with van der Waals surface area (Å²) in [5, 5.41) is 0. The van der Waals surface area contributed by atoms with E-state index in [4.69, 9.17) is 9.47 Å². The Hall–Kier alpha value is -1.66. The van der Waals surface area contributed by atoms with E-state index in [9.17, 15) is 9.18 Å². The molecule has 2 bridgehead atoms. The van der Waals surface area contributed by atoms with Gasteiger partial charge in [-0.3, -0.25) is 4.79 Å². The van der Waals surface area contributed by atoms with Crippen molar-refractivity contribution >= 4 is 5.91 Å². The van der Waals surface area contributed by atoms with Gasteiger partial charge >= 0.3 is 0 Å². The van der Waals surface area contributed by atoms with Gasteiger partial charge in [-0.05, 0) is 45.1 Å². The van der Waals surface area contributed by atoms with Crippen LogP contribution in [0.2, 0.25) is 0 Å². The van der Waals surface area contributed by atoms with E-state index in [0.29, 0.717) is 36.6 Å². The molecule has 3 aliphatic heterocycles. The molecule has 4 atom stereocenters. The van der Waals surface area contributed by atoms with Crippen molar-refractivity contribution in [2.75, 3.05) is 40.8 Å². The smallest absolute Gasteiger partial charge is 0.254 e. The molecule has 6 heteroatoms. The van der Waals surface area contributed by atoms with E-state index < -0.39 is 5.82 Å². The highest BCUT2D eigenvalue weighted by atomic mass is 19.1. The third-order valence-corrected chi connectivity index (χ3v) is 6.05. The average Bonchev–Trinajstić information content (AvgIpc) is 3.23. The van der Waals surface area contributed by atoms with Crippen molar-refractivity contribution in [2.24, 2.45) is 11.8 Å². The molecule has 136 valence electrons. The van der Waals surface area contributed by atoms with Crippen LogP contribution in [0, 0.1) is 17.7 Å². The van der Waals surface area contributed by atoms with Crippen LogP contribution in [0.3, 0.4) is 0 Å². The molecule has 25 heavy (non-hydrogen) atoms. The van der Waals surface area contributed by atoms with E-state index in [-0.39, 0.29) is 17.3 Å². The van der Waals surface area contributed by atoms with E-state index in [1.54, 1.807) is 6.07 Å². The van der Waals surface area contributed by atoms with Crippen molar-refractivity contribution in [3.63, 3.8) is 0 Å². The summed E-state index contributed by atoms with van der Waals surface area (Å²) in [7, 11) is 5.58. The Morgan fingerprint density at radius 2 is 2.28 bits per heavy atom. The number of amides is 1. The predicted octanol–water partition coefficient (Wildman–Crippen LogP) is 2.02. The summed E-state index contributed by atoms with van der Waals surface area (Å²) < 4.78 is 25.2. The molecule has 0 aromatic heterocycles. The van der Waals surface area contributed by atoms with Crippen LogP contribution in [0.1, 0.15) is 23.2 Å². The Morgan fingerprint density at radius 3 is 2.96 bits per heavy atom. The highest BCUT2D eigenvalue weighted by Crippen LogP contribution is 2.55. The van der Waals surface area contributed by atoms with Crippen LogP contribution in [0.5, 0.6) is 5.75 Å². The lowest BCUT2D eigenvalue weighted by Crippen LogP contribution is -2.40. The van der Waals surface area contributed by atoms with Crippen LogP contribution >= 0.6 is 0 Å². The first-order valence-electron chi connectivity index (χ1n) is 8.89. The molecule has 3 heterocycles. The number of fused-ring (bicyclic) bond motifs is 1. The average molecular weight is 348 g/mol. The van der Waals surface area contributed by atoms with Gasteiger partial charge in [-0.15, -0.1) is 0 Å². The molecule has 1 spiro atoms. The molecule has 0 aliphatic carbocycles. The summed E-state index contributed by atoms with van der Waals surface area (Å²) >= 11 is 0. The highest BCUT2D eigenvalue weighted by molar-refractivity contribution is 5.94. The molecule has 3 fully saturated rings. The van der Waals surface area contributed by atoms with E-state index in [2.05, 4.69) is 19.0 Å². The summed E-state index contributed by atoms with van der Waals surface area (Å²) in [6, 6.07) is 4.41. The molecule has 3 aliphatic rings. The van der Waals surface area contributed by atoms with Crippen molar-refractivity contribution in [3.8, 4) is 5.75 Å². The Balaban J connectivity index is 1.54. The zero-order valence-corrected chi connectivity index (χ0v) is 15.0. The molecule has 1 aromatic rings. The van der Waals surface area contributed by atoms with Gasteiger partial charge in [-0.2, -0.15) is 0 Å². The molecule has 1 amide bonds. The van der Waals surface area contributed by atoms with Crippen molar-refractivity contribution in [2.45, 2.75) is 24.5 Å². The number of carbonyl (C=O) groups is 1. The second-order valence-electron chi connectivity index (χ2n) is 7.83. The molecule has 0 unspecified atom stereocenters. The zero-order chi connectivity index (χ0) is 17.8. The van der Waals surface area contributed by atoms with Gasteiger partial charge in [0.15, 0.2) is 11.6 Å². The lowest BCUT2D eigenvalue weighted by atomic mass is 9.73. The molecular weight excluding hydrogens is 323 g/mol. The normalized spacial score (nSPS) is 33.2. The SMILES string of the molecule is COc1ccc(C(=O)N2C[C@@H]3[C@H](CN(C)C)[C@H]4CC[C@]3(C2)O4)cc1F. The first-order valence-corrected chi connectivity index (χ1v) is 8.89. The van der Waals surface area contributed by atoms with Crippen LogP contribution < -0.4 is 4.74 Å². The third-order valence-electron chi connectivity index (χ3n) is 6.05. The Labute approximate surface area is 147 Å². The van der Waals surface area contributed by atoms with Crippen molar-refractivity contribution in [3.05, 3.63) is 29.6 Å². The maximum atomic E-state index is 14.0. The van der Waals surface area contributed by atoms with Crippen LogP contribution in [-0.4, -0.2) is 68.3 Å². The maximum Gasteiger partial charge on any atom is 0.254 e. The minimum atomic E-state index is -0.506. The summed E-state index contributed by atoms with van der Waals surface area (Å²) in [5.41, 5.74) is 0.180. The number of ether oxygens (including phenoxy) is 2. The Morgan fingerprint density at radius 1 is 1.48 bits per heavy atom. The summed E-state index contributed by atoms with van der Waals surface area (Å²) in [6.07, 6.45) is 2.42. The maximum absolute atomic E-state index is 14.0. The second kappa shape index (κ2) is 5.95. The number of hydrogen-bond acceptors (Lipinski definition) is 4. The second-order valence-corrected chi connectivity index (χ2v) is 7.83. The third kappa shape index (κ3) is 2.62. The monoisotopic (exact) mass is 348 g/mol. The van der Waals surface area contributed by atoms with Crippen molar-refractivity contribution in [1.29, 1.82) is 0 Å². The Kier molecular flexibility index (Phi) is 4.00. The number of rotatable bonds is 4. The minimum Gasteiger partial charge on any atom is -0.494 e. The van der Waals surface area contributed by atoms with Crippen molar-refractivity contribution < 1.29 is 18.7 Å². The molecular formula is C19H25FN2O3. The van der Waals surface area contributed by atoms with Gasteiger partial charge < -0.3 is 19.3 Å². The number of likely N-dealkylation sites (tertiary alicyclic amines) is 1. The quantitative estimate of drug-likeness (QED) is 0.835. The predicted molar refractivity (Wildman–Crippen MR) is 91.2 cm³/mol. The number of carbonyl (C=O) groups excluding carboxylic acids is 1. The molecule has 4 rings (SSSR count). The molecule has 1 aromatic carbocycles. The van der Waals surface area contributed by atoms with E-state index in [1.807, 2.05) is 4.90 Å². The van der Waals surface area contributed by atoms with Crippen LogP contribution in [0.25, 0.3) is 0 Å². The fraction of sp³-hybridized carbons (Fsp3) is 0.632. The van der Waals surface area contributed by atoms with Gasteiger partial charge in [0.1, 0.15) is 0 Å². The number of benzene rings is 1. The van der Waals surface area contributed by atoms with Gasteiger partial charge in [0.05, 0.1) is 25.4 Å². The molecule has 0 saturated carbocycles. The van der Waals surface area contributed by atoms with Crippen LogP contribution in [0.4, 0.5) is 4.39 Å². The topological polar surface area (TPSA) is 42.0 Å². The summed E-state index contributed by atoms with van der Waals surface area (Å²) in [4.78, 5) is 16.9. The van der Waals surface area contributed by atoms with Gasteiger partial charge in [0.2, 0.25) is 0 Å². The van der Waals surface area contributed by atoms with E-state index in [1.165, 1.54) is 19.2 Å². The van der Waals surface area contributed by atoms with Gasteiger partial charge in [-0.25, -0.2) is 4.39 Å². The van der Waals surface area contributed by atoms with Gasteiger partial charge in [-0.1, -0.05) is 0 Å². The standard InChI is InChI=1S/C19H25FN2O3/c1-21(2)9-13-14-10-22(11-19(14)7-6-16(13)25-19)18(23)12-4-5-17(24-3)15(20)8-12/h4-5,8,13-14,16H,6-7,9-11H2,1-3H3/t13-,14+,16+,19+/m0/s1. The molecule has 0 N–H and O–H groups in total. The number of nitrogens with zero attached hydrogens (tertiary/aromatic N) is 2. The first kappa shape index (κ1) is 16.8. The number of methoxy groups -OCH3 is 1. The lowest BCUT2D eigenvalue weighted by molar-refractivity contribution is 0.00256. The van der Waals surface area contributed by atoms with Gasteiger partial charge in [0, 0.05) is 30.5 Å². The van der Waals surface area contributed by atoms with Gasteiger partial charge in [0.25, 0.3) is 5.91 Å². The fourth-order valence-electron chi connectivity index (χ4n) is 4.99. The largest absolute Gasteiger partial charge is 0.494 e. The summed E-state index contributed by atoms with van der Waals surface area (Å²) in [6.45, 7) is 2.29. The van der Waals surface area contributed by atoms with E-state index >= 15 is 0 Å². The van der Waals surface area contributed by atoms with Crippen molar-refractivity contribution in [1.82, 2.24) is 9.80 Å². The summed E-state index contributed by atoms with van der Waals surface area (Å²) in [5.74, 6) is 0.367. The minimum absolute atomic E-state index is 0.124. The number of hydrogen-bond donors (Lipinski definition) is 0. The van der Waals surface area contributed by atoms with E-state index in [0.717, 1.165) is 19.4 Å². The van der Waals surface area contributed by atoms with Crippen LogP contribution in [0.15, 0.2) is 18.2 Å². The molecule has 3 saturated heterocycles. The zero-order valence-electron chi connectivity index (χ0n) is 15.0. The van der Waals surface area contributed by atoms with Crippen LogP contribution in [-0.2, 0) is 4.74 Å².